The van der Waals surface area contributed by atoms with Crippen LogP contribution in [0.4, 0.5) is 0 Å². The molecule has 0 aliphatic carbocycles. The largest absolute Gasteiger partial charge is 0.479 e. The lowest BCUT2D eigenvalue weighted by molar-refractivity contribution is -0.139. The first-order chi connectivity index (χ1) is 16.1. The molecule has 0 aliphatic heterocycles. The first kappa shape index (κ1) is 22.6. The highest BCUT2D eigenvalue weighted by Gasteiger charge is 2.18. The van der Waals surface area contributed by atoms with Crippen molar-refractivity contribution in [3.05, 3.63) is 102 Å². The fraction of sp³-hybridized carbons (Fsp3) is 0.222. The second kappa shape index (κ2) is 10.8. The smallest absolute Gasteiger partial charge is 0.341 e. The fourth-order valence-corrected chi connectivity index (χ4v) is 3.66. The molecular weight excluding hydrogens is 420 g/mol. The van der Waals surface area contributed by atoms with Crippen molar-refractivity contribution in [2.45, 2.75) is 25.7 Å². The molecule has 1 atom stereocenters. The predicted molar refractivity (Wildman–Crippen MR) is 124 cm³/mol. The van der Waals surface area contributed by atoms with Gasteiger partial charge < -0.3 is 23.7 Å². The average Bonchev–Trinajstić information content (AvgIpc) is 3.26. The second-order valence-electron chi connectivity index (χ2n) is 7.74. The number of furan rings is 1. The van der Waals surface area contributed by atoms with E-state index in [0.717, 1.165) is 22.1 Å². The van der Waals surface area contributed by atoms with Crippen LogP contribution in [0.15, 0.2) is 89.5 Å². The molecule has 0 unspecified atom stereocenters. The molecule has 4 aromatic rings. The van der Waals surface area contributed by atoms with E-state index in [1.54, 1.807) is 18.4 Å². The van der Waals surface area contributed by atoms with Gasteiger partial charge in [0.1, 0.15) is 6.10 Å². The van der Waals surface area contributed by atoms with Crippen molar-refractivity contribution in [3.63, 3.8) is 0 Å². The lowest BCUT2D eigenvalue weighted by Gasteiger charge is -2.23. The van der Waals surface area contributed by atoms with Crippen molar-refractivity contribution in [2.24, 2.45) is 0 Å². The number of rotatable bonds is 11. The van der Waals surface area contributed by atoms with Gasteiger partial charge in [-0.05, 0) is 24.1 Å². The number of benzene rings is 3. The Morgan fingerprint density at radius 2 is 1.61 bits per heavy atom. The molecular formula is C27H26O6. The maximum Gasteiger partial charge on any atom is 0.341 e. The zero-order chi connectivity index (χ0) is 23.0. The molecule has 0 amide bonds. The van der Waals surface area contributed by atoms with Crippen molar-refractivity contribution >= 4 is 16.9 Å². The summed E-state index contributed by atoms with van der Waals surface area (Å²) < 4.78 is 23.2. The summed E-state index contributed by atoms with van der Waals surface area (Å²) in [7, 11) is 0. The molecule has 0 bridgehead atoms. The summed E-state index contributed by atoms with van der Waals surface area (Å²) in [5.74, 6) is -0.646. The number of aliphatic carboxylic acids is 1. The van der Waals surface area contributed by atoms with E-state index in [9.17, 15) is 4.79 Å². The third-order valence-electron chi connectivity index (χ3n) is 5.18. The van der Waals surface area contributed by atoms with Crippen LogP contribution < -0.4 is 4.74 Å². The number of hydrogen-bond donors (Lipinski definition) is 1. The van der Waals surface area contributed by atoms with E-state index in [1.165, 1.54) is 0 Å². The van der Waals surface area contributed by atoms with Crippen LogP contribution in [-0.2, 0) is 20.9 Å². The summed E-state index contributed by atoms with van der Waals surface area (Å²) in [5, 5.41) is 9.67. The van der Waals surface area contributed by atoms with Gasteiger partial charge in [-0.2, -0.15) is 0 Å². The summed E-state index contributed by atoms with van der Waals surface area (Å²) in [6, 6.07) is 25.6. The molecule has 0 spiro atoms. The Labute approximate surface area is 192 Å². The minimum Gasteiger partial charge on any atom is -0.479 e. The monoisotopic (exact) mass is 446 g/mol. The van der Waals surface area contributed by atoms with Crippen LogP contribution in [0, 0.1) is 0 Å². The normalized spacial score (nSPS) is 12.2. The number of fused-ring (bicyclic) bond motifs is 1. The molecule has 1 heterocycles. The Morgan fingerprint density at radius 1 is 0.939 bits per heavy atom. The van der Waals surface area contributed by atoms with Crippen molar-refractivity contribution in [1.29, 1.82) is 0 Å². The van der Waals surface area contributed by atoms with E-state index in [-0.39, 0.29) is 12.2 Å². The van der Waals surface area contributed by atoms with Gasteiger partial charge in [0.05, 0.1) is 25.6 Å². The molecule has 4 rings (SSSR count). The van der Waals surface area contributed by atoms with Gasteiger partial charge in [0.2, 0.25) is 0 Å². The molecule has 3 aromatic carbocycles. The van der Waals surface area contributed by atoms with Gasteiger partial charge in [-0.1, -0.05) is 72.8 Å². The molecule has 6 heteroatoms. The molecule has 0 fully saturated rings. The average molecular weight is 446 g/mol. The summed E-state index contributed by atoms with van der Waals surface area (Å²) in [5.41, 5.74) is 3.55. The Kier molecular flexibility index (Phi) is 7.40. The number of carbonyl (C=O) groups is 1. The highest BCUT2D eigenvalue weighted by atomic mass is 16.5. The summed E-state index contributed by atoms with van der Waals surface area (Å²) in [6.45, 7) is 2.30. The summed E-state index contributed by atoms with van der Waals surface area (Å²) in [4.78, 5) is 10.8. The lowest BCUT2D eigenvalue weighted by Crippen LogP contribution is -2.20. The highest BCUT2D eigenvalue weighted by Crippen LogP contribution is 2.31. The summed E-state index contributed by atoms with van der Waals surface area (Å²) >= 11 is 0. The molecule has 0 aliphatic rings. The van der Waals surface area contributed by atoms with E-state index in [0.29, 0.717) is 24.5 Å². The fourth-order valence-electron chi connectivity index (χ4n) is 3.66. The van der Waals surface area contributed by atoms with Crippen LogP contribution in [0.25, 0.3) is 11.0 Å². The van der Waals surface area contributed by atoms with Gasteiger partial charge in [-0.15, -0.1) is 0 Å². The lowest BCUT2D eigenvalue weighted by atomic mass is 10.0. The minimum atomic E-state index is -1.04. The van der Waals surface area contributed by atoms with Gasteiger partial charge in [0.25, 0.3) is 0 Å². The van der Waals surface area contributed by atoms with Crippen LogP contribution in [0.3, 0.4) is 0 Å². The van der Waals surface area contributed by atoms with Gasteiger partial charge in [-0.3, -0.25) is 0 Å². The zero-order valence-corrected chi connectivity index (χ0v) is 18.3. The van der Waals surface area contributed by atoms with E-state index in [4.69, 9.17) is 23.7 Å². The zero-order valence-electron chi connectivity index (χ0n) is 18.3. The van der Waals surface area contributed by atoms with Crippen molar-refractivity contribution in [2.75, 3.05) is 13.2 Å². The van der Waals surface area contributed by atoms with Crippen LogP contribution in [0.2, 0.25) is 0 Å². The van der Waals surface area contributed by atoms with Gasteiger partial charge in [0, 0.05) is 10.9 Å². The maximum atomic E-state index is 10.8. The molecule has 0 saturated heterocycles. The third-order valence-corrected chi connectivity index (χ3v) is 5.18. The first-order valence-electron chi connectivity index (χ1n) is 10.8. The maximum absolute atomic E-state index is 10.8. The van der Waals surface area contributed by atoms with Gasteiger partial charge in [0.15, 0.2) is 17.9 Å². The minimum absolute atomic E-state index is 0.150. The van der Waals surface area contributed by atoms with E-state index in [1.807, 2.05) is 49.4 Å². The van der Waals surface area contributed by atoms with Gasteiger partial charge in [-0.25, -0.2) is 4.79 Å². The van der Waals surface area contributed by atoms with Gasteiger partial charge >= 0.3 is 5.97 Å². The molecule has 0 saturated carbocycles. The topological polar surface area (TPSA) is 78.1 Å². The van der Waals surface area contributed by atoms with Crippen LogP contribution in [0.5, 0.6) is 5.75 Å². The van der Waals surface area contributed by atoms with E-state index in [2.05, 4.69) is 24.3 Å². The molecule has 1 aromatic heterocycles. The molecule has 170 valence electrons. The summed E-state index contributed by atoms with van der Waals surface area (Å²) in [6.07, 6.45) is 1.28. The molecule has 33 heavy (non-hydrogen) atoms. The number of carboxylic acids is 1. The van der Waals surface area contributed by atoms with Crippen LogP contribution in [0.1, 0.15) is 29.7 Å². The van der Waals surface area contributed by atoms with E-state index < -0.39 is 12.6 Å². The number of hydrogen-bond acceptors (Lipinski definition) is 5. The number of ether oxygens (including phenoxy) is 3. The molecule has 6 nitrogen and oxygen atoms in total. The van der Waals surface area contributed by atoms with Crippen molar-refractivity contribution in [1.82, 2.24) is 0 Å². The quantitative estimate of drug-likeness (QED) is 0.323. The van der Waals surface area contributed by atoms with Crippen molar-refractivity contribution < 1.29 is 28.5 Å². The van der Waals surface area contributed by atoms with Crippen LogP contribution >= 0.6 is 0 Å². The molecule has 1 N–H and O–H groups in total. The second-order valence-corrected chi connectivity index (χ2v) is 7.74. The van der Waals surface area contributed by atoms with Crippen LogP contribution in [-0.4, -0.2) is 30.4 Å². The predicted octanol–water partition coefficient (Wildman–Crippen LogP) is 5.61. The van der Waals surface area contributed by atoms with Crippen molar-refractivity contribution in [3.8, 4) is 5.75 Å². The molecule has 0 radical (unpaired) electrons. The number of para-hydroxylation sites is 1. The van der Waals surface area contributed by atoms with E-state index >= 15 is 0 Å². The Bertz CT molecular complexity index is 1130. The number of carboxylic acid groups (broad SMARTS) is 1. The first-order valence-corrected chi connectivity index (χ1v) is 10.8. The SMILES string of the molecule is C[C@H](COCc1coc2c(OCC(=O)O)cccc12)OC(c1ccccc1)c1ccccc1. The third kappa shape index (κ3) is 5.80. The highest BCUT2D eigenvalue weighted by molar-refractivity contribution is 5.86. The standard InChI is InChI=1S/C27H26O6/c1-19(33-26(20-9-4-2-5-10-20)21-11-6-3-7-12-21)15-30-16-22-17-32-27-23(22)13-8-14-24(27)31-18-25(28)29/h2-14,17,19,26H,15-16,18H2,1H3,(H,28,29)/t19-/m1/s1. The Morgan fingerprint density at radius 3 is 2.24 bits per heavy atom. The Balaban J connectivity index is 1.38. The Hall–Kier alpha value is -3.61.